The molecular formula is C21H14ClF2N3O. The molecule has 0 amide bonds. The fraction of sp³-hybridized carbons (Fsp3) is 0.0476. The maximum atomic E-state index is 14.2. The number of benzene rings is 3. The molecule has 0 aliphatic heterocycles. The van der Waals surface area contributed by atoms with Crippen LogP contribution in [0, 0.1) is 11.6 Å². The van der Waals surface area contributed by atoms with Crippen LogP contribution in [-0.2, 0) is 0 Å². The molecule has 0 saturated heterocycles. The van der Waals surface area contributed by atoms with Crippen LogP contribution in [0.2, 0.25) is 5.02 Å². The van der Waals surface area contributed by atoms with E-state index in [0.29, 0.717) is 10.6 Å². The van der Waals surface area contributed by atoms with E-state index in [1.54, 1.807) is 24.3 Å². The van der Waals surface area contributed by atoms with E-state index in [9.17, 15) is 8.78 Å². The molecule has 0 aliphatic rings. The predicted molar refractivity (Wildman–Crippen MR) is 103 cm³/mol. The van der Waals surface area contributed by atoms with Gasteiger partial charge in [0.25, 0.3) is 0 Å². The summed E-state index contributed by atoms with van der Waals surface area (Å²) in [5.74, 6) is -0.709. The standard InChI is InChI=1S/C21H14ClF2N3O/c22-16-9-5-4-8-15(16)20-26-27-21(28-20)19(13-6-2-1-3-7-13)25-18-12-14(23)10-11-17(18)24/h1-12,19,25H. The number of halogens is 3. The Labute approximate surface area is 164 Å². The number of rotatable bonds is 5. The second-order valence-corrected chi connectivity index (χ2v) is 6.44. The molecule has 1 unspecified atom stereocenters. The number of hydrogen-bond acceptors (Lipinski definition) is 4. The molecule has 28 heavy (non-hydrogen) atoms. The van der Waals surface area contributed by atoms with Gasteiger partial charge in [0.05, 0.1) is 16.3 Å². The Hall–Kier alpha value is -3.25. The molecule has 140 valence electrons. The highest BCUT2D eigenvalue weighted by atomic mass is 35.5. The highest BCUT2D eigenvalue weighted by Crippen LogP contribution is 2.31. The van der Waals surface area contributed by atoms with Gasteiger partial charge in [-0.2, -0.15) is 0 Å². The van der Waals surface area contributed by atoms with Crippen LogP contribution in [0.15, 0.2) is 77.2 Å². The first-order valence-corrected chi connectivity index (χ1v) is 8.84. The fourth-order valence-electron chi connectivity index (χ4n) is 2.79. The molecule has 4 aromatic rings. The monoisotopic (exact) mass is 397 g/mol. The molecular weight excluding hydrogens is 384 g/mol. The summed E-state index contributed by atoms with van der Waals surface area (Å²) in [7, 11) is 0. The SMILES string of the molecule is Fc1ccc(F)c(NC(c2ccccc2)c2nnc(-c3ccccc3Cl)o2)c1. The van der Waals surface area contributed by atoms with Gasteiger partial charge < -0.3 is 9.73 Å². The second kappa shape index (κ2) is 7.78. The summed E-state index contributed by atoms with van der Waals surface area (Å²) in [6.07, 6.45) is 0. The summed E-state index contributed by atoms with van der Waals surface area (Å²) in [4.78, 5) is 0. The van der Waals surface area contributed by atoms with Gasteiger partial charge in [0.1, 0.15) is 17.7 Å². The molecule has 0 spiro atoms. The highest BCUT2D eigenvalue weighted by molar-refractivity contribution is 6.33. The van der Waals surface area contributed by atoms with Gasteiger partial charge in [-0.1, -0.05) is 54.1 Å². The smallest absolute Gasteiger partial charge is 0.249 e. The molecule has 4 rings (SSSR count). The van der Waals surface area contributed by atoms with Crippen LogP contribution in [0.1, 0.15) is 17.5 Å². The van der Waals surface area contributed by atoms with Crippen molar-refractivity contribution in [2.24, 2.45) is 0 Å². The summed E-state index contributed by atoms with van der Waals surface area (Å²) in [6.45, 7) is 0. The van der Waals surface area contributed by atoms with Crippen LogP contribution >= 0.6 is 11.6 Å². The minimum absolute atomic E-state index is 0.00801. The number of nitrogens with one attached hydrogen (secondary N) is 1. The van der Waals surface area contributed by atoms with E-state index in [0.717, 1.165) is 23.8 Å². The summed E-state index contributed by atoms with van der Waals surface area (Å²) < 4.78 is 33.6. The first kappa shape index (κ1) is 18.1. The van der Waals surface area contributed by atoms with Crippen molar-refractivity contribution < 1.29 is 13.2 Å². The van der Waals surface area contributed by atoms with Crippen molar-refractivity contribution in [1.82, 2.24) is 10.2 Å². The third-order valence-electron chi connectivity index (χ3n) is 4.15. The largest absolute Gasteiger partial charge is 0.418 e. The van der Waals surface area contributed by atoms with Crippen LogP contribution in [0.4, 0.5) is 14.5 Å². The van der Waals surface area contributed by atoms with E-state index in [4.69, 9.17) is 16.0 Å². The first-order chi connectivity index (χ1) is 13.6. The quantitative estimate of drug-likeness (QED) is 0.457. The zero-order chi connectivity index (χ0) is 19.5. The van der Waals surface area contributed by atoms with Gasteiger partial charge in [0.15, 0.2) is 0 Å². The minimum Gasteiger partial charge on any atom is -0.418 e. The topological polar surface area (TPSA) is 51.0 Å². The molecule has 1 atom stereocenters. The van der Waals surface area contributed by atoms with Crippen molar-refractivity contribution in [2.75, 3.05) is 5.32 Å². The third-order valence-corrected chi connectivity index (χ3v) is 4.48. The molecule has 3 aromatic carbocycles. The molecule has 1 aromatic heterocycles. The van der Waals surface area contributed by atoms with Crippen molar-refractivity contribution in [2.45, 2.75) is 6.04 Å². The van der Waals surface area contributed by atoms with Crippen LogP contribution in [-0.4, -0.2) is 10.2 Å². The third kappa shape index (κ3) is 3.73. The van der Waals surface area contributed by atoms with Crippen molar-refractivity contribution in [3.05, 3.63) is 101 Å². The van der Waals surface area contributed by atoms with Gasteiger partial charge >= 0.3 is 0 Å². The molecule has 0 fully saturated rings. The predicted octanol–water partition coefficient (Wildman–Crippen LogP) is 5.87. The van der Waals surface area contributed by atoms with Crippen molar-refractivity contribution in [1.29, 1.82) is 0 Å². The molecule has 4 nitrogen and oxygen atoms in total. The highest BCUT2D eigenvalue weighted by Gasteiger charge is 2.23. The van der Waals surface area contributed by atoms with Crippen LogP contribution in [0.3, 0.4) is 0 Å². The molecule has 0 radical (unpaired) electrons. The summed E-state index contributed by atoms with van der Waals surface area (Å²) in [5, 5.41) is 11.6. The lowest BCUT2D eigenvalue weighted by atomic mass is 10.1. The van der Waals surface area contributed by atoms with Crippen LogP contribution < -0.4 is 5.32 Å². The Bertz CT molecular complexity index is 1100. The Kier molecular flexibility index (Phi) is 5.04. The van der Waals surface area contributed by atoms with E-state index in [-0.39, 0.29) is 17.5 Å². The van der Waals surface area contributed by atoms with Gasteiger partial charge in [-0.25, -0.2) is 8.78 Å². The molecule has 7 heteroatoms. The van der Waals surface area contributed by atoms with Gasteiger partial charge in [-0.3, -0.25) is 0 Å². The number of anilines is 1. The van der Waals surface area contributed by atoms with Gasteiger partial charge in [0.2, 0.25) is 11.8 Å². The number of nitrogens with zero attached hydrogens (tertiary/aromatic N) is 2. The summed E-state index contributed by atoms with van der Waals surface area (Å²) >= 11 is 6.20. The summed E-state index contributed by atoms with van der Waals surface area (Å²) in [5.41, 5.74) is 1.33. The molecule has 0 bridgehead atoms. The Balaban J connectivity index is 1.75. The molecule has 0 aliphatic carbocycles. The van der Waals surface area contributed by atoms with Gasteiger partial charge in [0, 0.05) is 0 Å². The number of hydrogen-bond donors (Lipinski definition) is 1. The average Bonchev–Trinajstić information content (AvgIpc) is 3.19. The normalized spacial score (nSPS) is 12.0. The van der Waals surface area contributed by atoms with E-state index in [1.165, 1.54) is 0 Å². The van der Waals surface area contributed by atoms with Crippen LogP contribution in [0.25, 0.3) is 11.5 Å². The summed E-state index contributed by atoms with van der Waals surface area (Å²) in [6, 6.07) is 18.8. The first-order valence-electron chi connectivity index (χ1n) is 8.46. The van der Waals surface area contributed by atoms with Gasteiger partial charge in [-0.15, -0.1) is 10.2 Å². The van der Waals surface area contributed by atoms with E-state index in [2.05, 4.69) is 15.5 Å². The average molecular weight is 398 g/mol. The molecule has 1 N–H and O–H groups in total. The zero-order valence-electron chi connectivity index (χ0n) is 14.4. The Morgan fingerprint density at radius 3 is 2.43 bits per heavy atom. The Morgan fingerprint density at radius 2 is 1.64 bits per heavy atom. The lowest BCUT2D eigenvalue weighted by Crippen LogP contribution is -2.14. The lowest BCUT2D eigenvalue weighted by Gasteiger charge is -2.17. The number of aromatic nitrogens is 2. The van der Waals surface area contributed by atoms with Crippen molar-refractivity contribution >= 4 is 17.3 Å². The van der Waals surface area contributed by atoms with Crippen LogP contribution in [0.5, 0.6) is 0 Å². The Morgan fingerprint density at radius 1 is 0.893 bits per heavy atom. The minimum atomic E-state index is -0.679. The molecule has 1 heterocycles. The van der Waals surface area contributed by atoms with E-state index >= 15 is 0 Å². The van der Waals surface area contributed by atoms with Crippen molar-refractivity contribution in [3.8, 4) is 11.5 Å². The van der Waals surface area contributed by atoms with E-state index in [1.807, 2.05) is 30.3 Å². The van der Waals surface area contributed by atoms with E-state index < -0.39 is 17.7 Å². The zero-order valence-corrected chi connectivity index (χ0v) is 15.2. The lowest BCUT2D eigenvalue weighted by molar-refractivity contribution is 0.492. The fourth-order valence-corrected chi connectivity index (χ4v) is 3.01. The van der Waals surface area contributed by atoms with Crippen molar-refractivity contribution in [3.63, 3.8) is 0 Å². The molecule has 0 saturated carbocycles. The van der Waals surface area contributed by atoms with Gasteiger partial charge in [-0.05, 0) is 35.9 Å². The maximum absolute atomic E-state index is 14.2. The second-order valence-electron chi connectivity index (χ2n) is 6.04. The maximum Gasteiger partial charge on any atom is 0.249 e.